The molecule has 0 amide bonds. The Labute approximate surface area is 296 Å². The maximum Gasteiger partial charge on any atom is 0.252 e. The molecular formula is C46H42BN3. The Balaban J connectivity index is 1.35. The zero-order chi connectivity index (χ0) is 33.8. The van der Waals surface area contributed by atoms with E-state index in [0.717, 1.165) is 0 Å². The van der Waals surface area contributed by atoms with Crippen LogP contribution >= 0.6 is 0 Å². The van der Waals surface area contributed by atoms with Crippen molar-refractivity contribution in [1.82, 2.24) is 0 Å². The SMILES string of the molecule is Cc1ccccc1N(c1cc2c3c(c1)N1c4c(cccc4C4(C)CCCCC14C)B3c1ccccc1N2c1ccccc1)c1ccccc1C. The molecule has 2 atom stereocenters. The van der Waals surface area contributed by atoms with Crippen molar-refractivity contribution in [2.45, 2.75) is 64.3 Å². The number of nitrogens with zero attached hydrogens (tertiary/aromatic N) is 3. The lowest BCUT2D eigenvalue weighted by atomic mass is 9.33. The van der Waals surface area contributed by atoms with E-state index in [0.29, 0.717) is 0 Å². The van der Waals surface area contributed by atoms with Gasteiger partial charge in [0.1, 0.15) is 0 Å². The van der Waals surface area contributed by atoms with E-state index in [2.05, 4.69) is 176 Å². The van der Waals surface area contributed by atoms with Crippen molar-refractivity contribution >= 4 is 68.6 Å². The van der Waals surface area contributed by atoms with Crippen LogP contribution in [0.25, 0.3) is 0 Å². The summed E-state index contributed by atoms with van der Waals surface area (Å²) in [5, 5.41) is 0. The maximum absolute atomic E-state index is 2.83. The van der Waals surface area contributed by atoms with Gasteiger partial charge in [0, 0.05) is 45.2 Å². The van der Waals surface area contributed by atoms with Crippen LogP contribution in [0, 0.1) is 13.8 Å². The van der Waals surface area contributed by atoms with Gasteiger partial charge < -0.3 is 14.7 Å². The Morgan fingerprint density at radius 3 is 1.96 bits per heavy atom. The van der Waals surface area contributed by atoms with Crippen molar-refractivity contribution in [1.29, 1.82) is 0 Å². The van der Waals surface area contributed by atoms with Gasteiger partial charge in [0.05, 0.1) is 11.2 Å². The number of hydrogen-bond acceptors (Lipinski definition) is 3. The summed E-state index contributed by atoms with van der Waals surface area (Å²) < 4.78 is 0. The third-order valence-electron chi connectivity index (χ3n) is 12.8. The fourth-order valence-corrected chi connectivity index (χ4v) is 10.2. The molecule has 3 aliphatic heterocycles. The summed E-state index contributed by atoms with van der Waals surface area (Å²) >= 11 is 0. The highest BCUT2D eigenvalue weighted by Crippen LogP contribution is 2.62. The highest BCUT2D eigenvalue weighted by Gasteiger charge is 2.61. The van der Waals surface area contributed by atoms with Gasteiger partial charge in [-0.25, -0.2) is 0 Å². The lowest BCUT2D eigenvalue weighted by Crippen LogP contribution is -2.64. The Morgan fingerprint density at radius 2 is 1.22 bits per heavy atom. The van der Waals surface area contributed by atoms with Gasteiger partial charge in [-0.05, 0) is 109 Å². The standard InChI is InChI=1S/C46H42BN3/c1-31-17-8-11-24-38(31)49(39-25-12-9-18-32(39)2)34-29-41-43-42(30-34)50-44-35(45(3)27-14-15-28-46(45,50)4)21-16-23-37(44)47(43)36-22-10-13-26-40(36)48(41)33-19-6-5-7-20-33/h5-13,16-26,29-30H,14-15,27-28H2,1-4H3. The molecule has 0 radical (unpaired) electrons. The average Bonchev–Trinajstić information content (AvgIpc) is 3.36. The Hall–Kier alpha value is -5.22. The van der Waals surface area contributed by atoms with Gasteiger partial charge in [-0.1, -0.05) is 111 Å². The van der Waals surface area contributed by atoms with E-state index in [1.165, 1.54) is 104 Å². The van der Waals surface area contributed by atoms with E-state index < -0.39 is 0 Å². The number of aryl methyl sites for hydroxylation is 2. The number of fused-ring (bicyclic) bond motifs is 7. The van der Waals surface area contributed by atoms with E-state index in [-0.39, 0.29) is 17.7 Å². The molecule has 2 unspecified atom stereocenters. The second kappa shape index (κ2) is 10.6. The lowest BCUT2D eigenvalue weighted by Gasteiger charge is -2.53. The lowest BCUT2D eigenvalue weighted by molar-refractivity contribution is 0.195. The van der Waals surface area contributed by atoms with Crippen LogP contribution in [0.5, 0.6) is 0 Å². The summed E-state index contributed by atoms with van der Waals surface area (Å²) in [5.41, 5.74) is 18.5. The van der Waals surface area contributed by atoms with Crippen LogP contribution in [-0.4, -0.2) is 12.3 Å². The van der Waals surface area contributed by atoms with Crippen molar-refractivity contribution in [3.8, 4) is 0 Å². The Kier molecular flexibility index (Phi) is 6.32. The van der Waals surface area contributed by atoms with Gasteiger partial charge in [0.2, 0.25) is 0 Å². The first-order chi connectivity index (χ1) is 24.4. The molecule has 244 valence electrons. The Bertz CT molecular complexity index is 2290. The van der Waals surface area contributed by atoms with E-state index in [1.54, 1.807) is 0 Å². The van der Waals surface area contributed by atoms with Crippen LogP contribution in [0.3, 0.4) is 0 Å². The third kappa shape index (κ3) is 3.82. The molecule has 1 aliphatic carbocycles. The molecule has 0 bridgehead atoms. The summed E-state index contributed by atoms with van der Waals surface area (Å²) in [7, 11) is 0. The second-order valence-corrected chi connectivity index (χ2v) is 15.4. The Morgan fingerprint density at radius 1 is 0.600 bits per heavy atom. The van der Waals surface area contributed by atoms with Gasteiger partial charge >= 0.3 is 0 Å². The fourth-order valence-electron chi connectivity index (χ4n) is 10.2. The predicted molar refractivity (Wildman–Crippen MR) is 213 cm³/mol. The normalized spacial score (nSPS) is 20.9. The average molecular weight is 648 g/mol. The largest absolute Gasteiger partial charge is 0.335 e. The van der Waals surface area contributed by atoms with Crippen LogP contribution in [0.15, 0.2) is 133 Å². The summed E-state index contributed by atoms with van der Waals surface area (Å²) in [6.45, 7) is 9.76. The minimum absolute atomic E-state index is 0.0360. The number of benzene rings is 6. The van der Waals surface area contributed by atoms with E-state index in [1.807, 2.05) is 0 Å². The number of anilines is 8. The summed E-state index contributed by atoms with van der Waals surface area (Å²) in [6.07, 6.45) is 4.94. The molecule has 0 saturated heterocycles. The van der Waals surface area contributed by atoms with Crippen molar-refractivity contribution in [2.75, 3.05) is 14.7 Å². The van der Waals surface area contributed by atoms with Crippen molar-refractivity contribution in [2.24, 2.45) is 0 Å². The molecular weight excluding hydrogens is 605 g/mol. The summed E-state index contributed by atoms with van der Waals surface area (Å²) in [6, 6.07) is 50.1. The number of rotatable bonds is 4. The molecule has 0 N–H and O–H groups in total. The van der Waals surface area contributed by atoms with E-state index in [9.17, 15) is 0 Å². The molecule has 6 aromatic rings. The quantitative estimate of drug-likeness (QED) is 0.176. The molecule has 3 heterocycles. The molecule has 1 saturated carbocycles. The number of hydrogen-bond donors (Lipinski definition) is 0. The minimum Gasteiger partial charge on any atom is -0.335 e. The van der Waals surface area contributed by atoms with Gasteiger partial charge in [0.25, 0.3) is 6.71 Å². The van der Waals surface area contributed by atoms with Crippen LogP contribution in [0.1, 0.15) is 56.2 Å². The van der Waals surface area contributed by atoms with Crippen molar-refractivity contribution in [3.63, 3.8) is 0 Å². The van der Waals surface area contributed by atoms with E-state index in [4.69, 9.17) is 0 Å². The topological polar surface area (TPSA) is 9.72 Å². The third-order valence-corrected chi connectivity index (χ3v) is 12.8. The first-order valence-corrected chi connectivity index (χ1v) is 18.4. The molecule has 0 spiro atoms. The van der Waals surface area contributed by atoms with Crippen molar-refractivity contribution in [3.05, 3.63) is 150 Å². The maximum atomic E-state index is 2.83. The van der Waals surface area contributed by atoms with Crippen LogP contribution in [0.4, 0.5) is 45.5 Å². The van der Waals surface area contributed by atoms with Gasteiger partial charge in [-0.15, -0.1) is 0 Å². The molecule has 0 aromatic heterocycles. The highest BCUT2D eigenvalue weighted by molar-refractivity contribution is 7.00. The monoisotopic (exact) mass is 647 g/mol. The molecule has 4 heteroatoms. The fraction of sp³-hybridized carbons (Fsp3) is 0.217. The van der Waals surface area contributed by atoms with Crippen LogP contribution in [-0.2, 0) is 5.41 Å². The van der Waals surface area contributed by atoms with Gasteiger partial charge in [0.15, 0.2) is 0 Å². The molecule has 6 aromatic carbocycles. The summed E-state index contributed by atoms with van der Waals surface area (Å²) in [4.78, 5) is 7.88. The first kappa shape index (κ1) is 29.7. The molecule has 50 heavy (non-hydrogen) atoms. The predicted octanol–water partition coefficient (Wildman–Crippen LogP) is 10.1. The molecule has 1 fully saturated rings. The van der Waals surface area contributed by atoms with Crippen molar-refractivity contribution < 1.29 is 0 Å². The highest BCUT2D eigenvalue weighted by atomic mass is 15.3. The smallest absolute Gasteiger partial charge is 0.252 e. The van der Waals surface area contributed by atoms with E-state index >= 15 is 0 Å². The second-order valence-electron chi connectivity index (χ2n) is 15.4. The van der Waals surface area contributed by atoms with Crippen LogP contribution < -0.4 is 31.1 Å². The minimum atomic E-state index is -0.0360. The zero-order valence-corrected chi connectivity index (χ0v) is 29.4. The number of para-hydroxylation sites is 5. The molecule has 10 rings (SSSR count). The van der Waals surface area contributed by atoms with Gasteiger partial charge in [-0.3, -0.25) is 0 Å². The zero-order valence-electron chi connectivity index (χ0n) is 29.4. The van der Waals surface area contributed by atoms with Gasteiger partial charge in [-0.2, -0.15) is 0 Å². The van der Waals surface area contributed by atoms with Crippen LogP contribution in [0.2, 0.25) is 0 Å². The molecule has 3 nitrogen and oxygen atoms in total. The molecule has 4 aliphatic rings. The summed E-state index contributed by atoms with van der Waals surface area (Å²) in [5.74, 6) is 0. The first-order valence-electron chi connectivity index (χ1n) is 18.4.